The third-order valence-corrected chi connectivity index (χ3v) is 4.46. The molecule has 0 spiro atoms. The third kappa shape index (κ3) is 6.42. The molecule has 150 valence electrons. The van der Waals surface area contributed by atoms with Crippen LogP contribution in [0.4, 0.5) is 18.0 Å². The lowest BCUT2D eigenvalue weighted by molar-refractivity contribution is -0.187. The van der Waals surface area contributed by atoms with Gasteiger partial charge in [0.25, 0.3) is 0 Å². The fraction of sp³-hybridized carbons (Fsp3) is 0.556. The van der Waals surface area contributed by atoms with Gasteiger partial charge in [0.1, 0.15) is 0 Å². The number of carboxylic acids is 1. The molecule has 0 radical (unpaired) electrons. The Hall–Kier alpha value is -2.29. The lowest BCUT2D eigenvalue weighted by Crippen LogP contribution is -2.40. The van der Waals surface area contributed by atoms with Gasteiger partial charge < -0.3 is 20.1 Å². The maximum atomic E-state index is 12.9. The summed E-state index contributed by atoms with van der Waals surface area (Å²) in [5.74, 6) is -5.21. The van der Waals surface area contributed by atoms with E-state index in [1.165, 1.54) is 0 Å². The van der Waals surface area contributed by atoms with Crippen LogP contribution < -0.4 is 5.32 Å². The van der Waals surface area contributed by atoms with Gasteiger partial charge >= 0.3 is 18.2 Å². The molecule has 6 nitrogen and oxygen atoms in total. The number of nitrogens with zero attached hydrogens (tertiary/aromatic N) is 1. The Morgan fingerprint density at radius 1 is 1.19 bits per heavy atom. The number of halogens is 3. The smallest absolute Gasteiger partial charge is 0.394 e. The summed E-state index contributed by atoms with van der Waals surface area (Å²) in [5, 5.41) is 11.5. The molecule has 0 aromatic heterocycles. The molecule has 1 saturated heterocycles. The second-order valence-corrected chi connectivity index (χ2v) is 6.43. The minimum Gasteiger partial charge on any atom is -0.481 e. The van der Waals surface area contributed by atoms with Gasteiger partial charge in [-0.25, -0.2) is 4.79 Å². The predicted molar refractivity (Wildman–Crippen MR) is 91.2 cm³/mol. The summed E-state index contributed by atoms with van der Waals surface area (Å²) >= 11 is 0. The van der Waals surface area contributed by atoms with E-state index in [4.69, 9.17) is 9.84 Å². The van der Waals surface area contributed by atoms with E-state index in [2.05, 4.69) is 5.32 Å². The van der Waals surface area contributed by atoms with E-state index < -0.39 is 43.1 Å². The summed E-state index contributed by atoms with van der Waals surface area (Å²) in [6, 6.07) is 9.14. The summed E-state index contributed by atoms with van der Waals surface area (Å²) in [5.41, 5.74) is 1.16. The Morgan fingerprint density at radius 3 is 2.48 bits per heavy atom. The molecule has 2 N–H and O–H groups in total. The van der Waals surface area contributed by atoms with Gasteiger partial charge in [-0.15, -0.1) is 0 Å². The molecule has 0 saturated carbocycles. The quantitative estimate of drug-likeness (QED) is 0.671. The van der Waals surface area contributed by atoms with Gasteiger partial charge in [-0.3, -0.25) is 4.79 Å². The van der Waals surface area contributed by atoms with Crippen LogP contribution in [0.2, 0.25) is 0 Å². The number of alkyl halides is 3. The summed E-state index contributed by atoms with van der Waals surface area (Å²) < 4.78 is 44.2. The number of hydrogen-bond donors (Lipinski definition) is 2. The molecule has 2 atom stereocenters. The molecule has 9 heteroatoms. The Kier molecular flexibility index (Phi) is 7.46. The number of amides is 2. The van der Waals surface area contributed by atoms with E-state index in [0.717, 1.165) is 16.9 Å². The first-order valence-corrected chi connectivity index (χ1v) is 8.73. The molecule has 1 aromatic rings. The number of carboxylic acid groups (broad SMARTS) is 1. The molecule has 2 amide bonds. The molecule has 0 aliphatic carbocycles. The van der Waals surface area contributed by atoms with Gasteiger partial charge in [0.15, 0.2) is 0 Å². The zero-order chi connectivity index (χ0) is 19.9. The van der Waals surface area contributed by atoms with E-state index >= 15 is 0 Å². The number of ether oxygens (including phenoxy) is 1. The van der Waals surface area contributed by atoms with Crippen molar-refractivity contribution < 1.29 is 32.6 Å². The number of likely N-dealkylation sites (tertiary alicyclic amines) is 1. The third-order valence-electron chi connectivity index (χ3n) is 4.46. The zero-order valence-electron chi connectivity index (χ0n) is 14.7. The van der Waals surface area contributed by atoms with Crippen molar-refractivity contribution in [1.29, 1.82) is 0 Å². The van der Waals surface area contributed by atoms with Crippen LogP contribution >= 0.6 is 0 Å². The summed E-state index contributed by atoms with van der Waals surface area (Å²) in [6.45, 7) is 0.113. The molecular weight excluding hydrogens is 365 g/mol. The fourth-order valence-corrected chi connectivity index (χ4v) is 2.97. The van der Waals surface area contributed by atoms with Crippen molar-refractivity contribution in [2.75, 3.05) is 32.8 Å². The Morgan fingerprint density at radius 2 is 1.89 bits per heavy atom. The van der Waals surface area contributed by atoms with E-state index in [1.54, 1.807) is 0 Å². The van der Waals surface area contributed by atoms with Crippen molar-refractivity contribution in [2.45, 2.75) is 19.0 Å². The largest absolute Gasteiger partial charge is 0.481 e. The number of aliphatic carboxylic acids is 1. The van der Waals surface area contributed by atoms with Crippen LogP contribution in [-0.4, -0.2) is 61.0 Å². The highest BCUT2D eigenvalue weighted by molar-refractivity contribution is 5.77. The van der Waals surface area contributed by atoms with Crippen molar-refractivity contribution in [1.82, 2.24) is 10.2 Å². The summed E-state index contributed by atoms with van der Waals surface area (Å²) in [7, 11) is 0. The Labute approximate surface area is 155 Å². The van der Waals surface area contributed by atoms with E-state index in [0.29, 0.717) is 19.6 Å². The highest BCUT2D eigenvalue weighted by atomic mass is 19.4. The van der Waals surface area contributed by atoms with Gasteiger partial charge in [-0.1, -0.05) is 30.3 Å². The highest BCUT2D eigenvalue weighted by Crippen LogP contribution is 2.37. The minimum absolute atomic E-state index is 0.245. The van der Waals surface area contributed by atoms with Gasteiger partial charge in [0, 0.05) is 26.2 Å². The monoisotopic (exact) mass is 388 g/mol. The number of benzene rings is 1. The van der Waals surface area contributed by atoms with Crippen molar-refractivity contribution in [3.8, 4) is 0 Å². The average Bonchev–Trinajstić information content (AvgIpc) is 3.08. The summed E-state index contributed by atoms with van der Waals surface area (Å²) in [6.07, 6.45) is -3.36. The number of nitrogens with one attached hydrogen (secondary N) is 1. The standard InChI is InChI=1S/C18H23F3N2O4/c19-18(20,21)15-12-23(11-14(15)16(24)25)17(26)22-8-4-9-27-10-7-13-5-2-1-3-6-13/h1-3,5-6,14-15H,4,7-12H2,(H,22,26)(H,24,25)/t14-,15-/m1/s1. The molecule has 2 rings (SSSR count). The molecule has 0 unspecified atom stereocenters. The van der Waals surface area contributed by atoms with Gasteiger partial charge in [-0.05, 0) is 18.4 Å². The first-order chi connectivity index (χ1) is 12.8. The fourth-order valence-electron chi connectivity index (χ4n) is 2.97. The van der Waals surface area contributed by atoms with Crippen molar-refractivity contribution in [3.05, 3.63) is 35.9 Å². The molecule has 1 fully saturated rings. The number of carbonyl (C=O) groups excluding carboxylic acids is 1. The van der Waals surface area contributed by atoms with E-state index in [9.17, 15) is 22.8 Å². The first-order valence-electron chi connectivity index (χ1n) is 8.73. The second kappa shape index (κ2) is 9.59. The topological polar surface area (TPSA) is 78.9 Å². The van der Waals surface area contributed by atoms with Crippen molar-refractivity contribution in [3.63, 3.8) is 0 Å². The van der Waals surface area contributed by atoms with Crippen LogP contribution in [0.5, 0.6) is 0 Å². The predicted octanol–water partition coefficient (Wildman–Crippen LogP) is 2.54. The van der Waals surface area contributed by atoms with Crippen LogP contribution in [-0.2, 0) is 16.0 Å². The van der Waals surface area contributed by atoms with E-state index in [1.807, 2.05) is 30.3 Å². The molecule has 1 aromatic carbocycles. The van der Waals surface area contributed by atoms with Crippen LogP contribution in [0.25, 0.3) is 0 Å². The molecule has 1 heterocycles. The van der Waals surface area contributed by atoms with Crippen LogP contribution in [0.3, 0.4) is 0 Å². The number of urea groups is 1. The number of hydrogen-bond acceptors (Lipinski definition) is 3. The van der Waals surface area contributed by atoms with Gasteiger partial charge in [-0.2, -0.15) is 13.2 Å². The minimum atomic E-state index is -4.65. The molecule has 0 bridgehead atoms. The van der Waals surface area contributed by atoms with Crippen LogP contribution in [0, 0.1) is 11.8 Å². The lowest BCUT2D eigenvalue weighted by atomic mass is 9.96. The van der Waals surface area contributed by atoms with Crippen molar-refractivity contribution >= 4 is 12.0 Å². The first kappa shape index (κ1) is 21.0. The van der Waals surface area contributed by atoms with Gasteiger partial charge in [0.05, 0.1) is 18.4 Å². The maximum absolute atomic E-state index is 12.9. The highest BCUT2D eigenvalue weighted by Gasteiger charge is 2.53. The van der Waals surface area contributed by atoms with Gasteiger partial charge in [0.2, 0.25) is 0 Å². The lowest BCUT2D eigenvalue weighted by Gasteiger charge is -2.18. The molecule has 1 aliphatic rings. The van der Waals surface area contributed by atoms with E-state index in [-0.39, 0.29) is 6.54 Å². The van der Waals surface area contributed by atoms with Crippen molar-refractivity contribution in [2.24, 2.45) is 11.8 Å². The second-order valence-electron chi connectivity index (χ2n) is 6.43. The van der Waals surface area contributed by atoms with Crippen LogP contribution in [0.15, 0.2) is 30.3 Å². The maximum Gasteiger partial charge on any atom is 0.394 e. The number of rotatable bonds is 8. The summed E-state index contributed by atoms with van der Waals surface area (Å²) in [4.78, 5) is 23.9. The SMILES string of the molecule is O=C(O)[C@@H]1CN(C(=O)NCCCOCCc2ccccc2)C[C@H]1C(F)(F)F. The molecular formula is C18H23F3N2O4. The molecule has 1 aliphatic heterocycles. The zero-order valence-corrected chi connectivity index (χ0v) is 14.7. The average molecular weight is 388 g/mol. The Balaban J connectivity index is 1.63. The normalized spacial score (nSPS) is 19.9. The molecule has 27 heavy (non-hydrogen) atoms. The Bertz CT molecular complexity index is 625. The number of carbonyl (C=O) groups is 2. The van der Waals surface area contributed by atoms with Crippen LogP contribution in [0.1, 0.15) is 12.0 Å².